The molecule has 0 saturated heterocycles. The van der Waals surface area contributed by atoms with Crippen LogP contribution in [-0.2, 0) is 11.3 Å². The maximum absolute atomic E-state index is 12.5. The summed E-state index contributed by atoms with van der Waals surface area (Å²) >= 11 is 0. The first-order valence-corrected chi connectivity index (χ1v) is 9.82. The van der Waals surface area contributed by atoms with E-state index in [2.05, 4.69) is 16.0 Å². The Balaban J connectivity index is 1.58. The predicted molar refractivity (Wildman–Crippen MR) is 116 cm³/mol. The van der Waals surface area contributed by atoms with Crippen molar-refractivity contribution >= 4 is 23.2 Å². The van der Waals surface area contributed by atoms with Crippen LogP contribution in [0.3, 0.4) is 0 Å². The summed E-state index contributed by atoms with van der Waals surface area (Å²) in [4.78, 5) is 25.0. The van der Waals surface area contributed by atoms with Crippen LogP contribution in [0.1, 0.15) is 29.5 Å². The highest BCUT2D eigenvalue weighted by Crippen LogP contribution is 2.24. The van der Waals surface area contributed by atoms with Crippen molar-refractivity contribution in [3.05, 3.63) is 78.3 Å². The van der Waals surface area contributed by atoms with Gasteiger partial charge in [-0.05, 0) is 42.8 Å². The number of nitrogens with one attached hydrogen (secondary N) is 3. The fraction of sp³-hybridized carbons (Fsp3) is 0.217. The van der Waals surface area contributed by atoms with E-state index in [0.717, 1.165) is 6.42 Å². The molecule has 0 aliphatic rings. The minimum absolute atomic E-state index is 0.00455. The van der Waals surface area contributed by atoms with Gasteiger partial charge in [-0.3, -0.25) is 9.59 Å². The van der Waals surface area contributed by atoms with Gasteiger partial charge in [0.1, 0.15) is 11.5 Å². The lowest BCUT2D eigenvalue weighted by Crippen LogP contribution is -2.26. The Labute approximate surface area is 175 Å². The van der Waals surface area contributed by atoms with Gasteiger partial charge in [0.15, 0.2) is 0 Å². The quantitative estimate of drug-likeness (QED) is 0.472. The molecule has 1 heterocycles. The molecule has 0 aliphatic carbocycles. The first-order valence-electron chi connectivity index (χ1n) is 9.82. The second kappa shape index (κ2) is 10.7. The van der Waals surface area contributed by atoms with Gasteiger partial charge >= 0.3 is 0 Å². The number of rotatable bonds is 10. The lowest BCUT2D eigenvalue weighted by Gasteiger charge is -2.14. The number of para-hydroxylation sites is 3. The third-order valence-electron chi connectivity index (χ3n) is 4.24. The van der Waals surface area contributed by atoms with Crippen molar-refractivity contribution in [3.63, 3.8) is 0 Å². The van der Waals surface area contributed by atoms with E-state index < -0.39 is 0 Å². The van der Waals surface area contributed by atoms with E-state index in [0.29, 0.717) is 35.1 Å². The normalized spacial score (nSPS) is 10.3. The highest BCUT2D eigenvalue weighted by molar-refractivity contribution is 6.01. The van der Waals surface area contributed by atoms with Crippen LogP contribution in [0.15, 0.2) is 71.3 Å². The Hall–Kier alpha value is -3.74. The molecule has 2 aromatic carbocycles. The molecule has 0 aliphatic heterocycles. The molecule has 156 valence electrons. The average Bonchev–Trinajstić information content (AvgIpc) is 3.29. The molecule has 0 radical (unpaired) electrons. The summed E-state index contributed by atoms with van der Waals surface area (Å²) in [6, 6.07) is 17.9. The molecule has 0 atom stereocenters. The molecule has 30 heavy (non-hydrogen) atoms. The molecule has 1 aromatic heterocycles. The second-order valence-electron chi connectivity index (χ2n) is 6.55. The van der Waals surface area contributed by atoms with Gasteiger partial charge in [0.2, 0.25) is 5.91 Å². The van der Waals surface area contributed by atoms with E-state index in [1.54, 1.807) is 48.7 Å². The maximum Gasteiger partial charge on any atom is 0.253 e. The number of hydrogen-bond acceptors (Lipinski definition) is 5. The van der Waals surface area contributed by atoms with Gasteiger partial charge in [0.25, 0.3) is 5.91 Å². The van der Waals surface area contributed by atoms with E-state index in [-0.39, 0.29) is 24.9 Å². The van der Waals surface area contributed by atoms with E-state index in [4.69, 9.17) is 9.15 Å². The smallest absolute Gasteiger partial charge is 0.253 e. The van der Waals surface area contributed by atoms with Crippen molar-refractivity contribution < 1.29 is 18.7 Å². The molecule has 0 unspecified atom stereocenters. The Bertz CT molecular complexity index is 970. The SMILES string of the molecule is CCCOc1ccccc1NC(=O)CNc1ccccc1C(=O)NCc1ccco1. The highest BCUT2D eigenvalue weighted by atomic mass is 16.5. The first-order chi connectivity index (χ1) is 14.7. The number of anilines is 2. The summed E-state index contributed by atoms with van der Waals surface area (Å²) in [6.07, 6.45) is 2.43. The number of carbonyl (C=O) groups excluding carboxylic acids is 2. The standard InChI is InChI=1S/C23H25N3O4/c1-2-13-30-21-12-6-5-11-20(21)26-22(27)16-24-19-10-4-3-9-18(19)23(28)25-15-17-8-7-14-29-17/h3-12,14,24H,2,13,15-16H2,1H3,(H,25,28)(H,26,27). The third-order valence-corrected chi connectivity index (χ3v) is 4.24. The van der Waals surface area contributed by atoms with Crippen molar-refractivity contribution in [1.82, 2.24) is 5.32 Å². The molecule has 7 nitrogen and oxygen atoms in total. The van der Waals surface area contributed by atoms with Crippen LogP contribution >= 0.6 is 0 Å². The molecule has 3 rings (SSSR count). The number of amides is 2. The van der Waals surface area contributed by atoms with Crippen LogP contribution in [0.5, 0.6) is 5.75 Å². The zero-order valence-corrected chi connectivity index (χ0v) is 16.8. The first kappa shape index (κ1) is 21.0. The zero-order chi connectivity index (χ0) is 21.2. The van der Waals surface area contributed by atoms with E-state index in [1.165, 1.54) is 0 Å². The van der Waals surface area contributed by atoms with Gasteiger partial charge in [0.05, 0.1) is 37.2 Å². The largest absolute Gasteiger partial charge is 0.491 e. The zero-order valence-electron chi connectivity index (χ0n) is 16.8. The van der Waals surface area contributed by atoms with Gasteiger partial charge in [-0.15, -0.1) is 0 Å². The Morgan fingerprint density at radius 1 is 0.967 bits per heavy atom. The molecule has 2 amide bonds. The van der Waals surface area contributed by atoms with Gasteiger partial charge in [0, 0.05) is 5.69 Å². The summed E-state index contributed by atoms with van der Waals surface area (Å²) < 4.78 is 10.9. The number of benzene rings is 2. The molecule has 0 fully saturated rings. The lowest BCUT2D eigenvalue weighted by molar-refractivity contribution is -0.114. The van der Waals surface area contributed by atoms with Crippen molar-refractivity contribution in [3.8, 4) is 5.75 Å². The van der Waals surface area contributed by atoms with Crippen LogP contribution in [0.25, 0.3) is 0 Å². The summed E-state index contributed by atoms with van der Waals surface area (Å²) in [6.45, 7) is 2.89. The lowest BCUT2D eigenvalue weighted by atomic mass is 10.1. The fourth-order valence-electron chi connectivity index (χ4n) is 2.79. The van der Waals surface area contributed by atoms with E-state index in [1.807, 2.05) is 25.1 Å². The predicted octanol–water partition coefficient (Wildman–Crippen LogP) is 4.05. The number of furan rings is 1. The van der Waals surface area contributed by atoms with Crippen LogP contribution in [-0.4, -0.2) is 25.0 Å². The maximum atomic E-state index is 12.5. The molecular formula is C23H25N3O4. The Morgan fingerprint density at radius 2 is 1.73 bits per heavy atom. The van der Waals surface area contributed by atoms with Gasteiger partial charge in [-0.1, -0.05) is 31.2 Å². The molecule has 0 spiro atoms. The minimum Gasteiger partial charge on any atom is -0.491 e. The number of hydrogen-bond donors (Lipinski definition) is 3. The monoisotopic (exact) mass is 407 g/mol. The summed E-state index contributed by atoms with van der Waals surface area (Å²) in [5, 5.41) is 8.68. The van der Waals surface area contributed by atoms with Gasteiger partial charge in [-0.2, -0.15) is 0 Å². The van der Waals surface area contributed by atoms with Crippen molar-refractivity contribution in [2.24, 2.45) is 0 Å². The summed E-state index contributed by atoms with van der Waals surface area (Å²) in [5.74, 6) is 0.795. The molecule has 0 saturated carbocycles. The molecule has 3 N–H and O–H groups in total. The number of carbonyl (C=O) groups is 2. The van der Waals surface area contributed by atoms with Crippen molar-refractivity contribution in [2.75, 3.05) is 23.8 Å². The molecular weight excluding hydrogens is 382 g/mol. The minimum atomic E-state index is -0.256. The second-order valence-corrected chi connectivity index (χ2v) is 6.55. The van der Waals surface area contributed by atoms with Crippen molar-refractivity contribution in [2.45, 2.75) is 19.9 Å². The van der Waals surface area contributed by atoms with Crippen LogP contribution in [0.2, 0.25) is 0 Å². The summed E-state index contributed by atoms with van der Waals surface area (Å²) in [5.41, 5.74) is 1.63. The number of ether oxygens (including phenoxy) is 1. The third kappa shape index (κ3) is 5.88. The van der Waals surface area contributed by atoms with Gasteiger partial charge < -0.3 is 25.1 Å². The van der Waals surface area contributed by atoms with Crippen LogP contribution < -0.4 is 20.7 Å². The Morgan fingerprint density at radius 3 is 2.50 bits per heavy atom. The van der Waals surface area contributed by atoms with E-state index in [9.17, 15) is 9.59 Å². The highest BCUT2D eigenvalue weighted by Gasteiger charge is 2.13. The average molecular weight is 407 g/mol. The Kier molecular flexibility index (Phi) is 7.49. The summed E-state index contributed by atoms with van der Waals surface area (Å²) in [7, 11) is 0. The van der Waals surface area contributed by atoms with Crippen LogP contribution in [0, 0.1) is 0 Å². The molecule has 3 aromatic rings. The molecule has 0 bridgehead atoms. The van der Waals surface area contributed by atoms with Crippen LogP contribution in [0.4, 0.5) is 11.4 Å². The van der Waals surface area contributed by atoms with Gasteiger partial charge in [-0.25, -0.2) is 0 Å². The van der Waals surface area contributed by atoms with E-state index >= 15 is 0 Å². The molecule has 7 heteroatoms. The van der Waals surface area contributed by atoms with Crippen molar-refractivity contribution in [1.29, 1.82) is 0 Å². The fourth-order valence-corrected chi connectivity index (χ4v) is 2.79. The topological polar surface area (TPSA) is 92.6 Å².